The molecule has 0 unspecified atom stereocenters. The first kappa shape index (κ1) is 19.7. The predicted molar refractivity (Wildman–Crippen MR) is 112 cm³/mol. The maximum absolute atomic E-state index is 12.6. The van der Waals surface area contributed by atoms with Crippen molar-refractivity contribution >= 4 is 11.6 Å². The van der Waals surface area contributed by atoms with Gasteiger partial charge in [0.05, 0.1) is 19.0 Å². The molecule has 0 radical (unpaired) electrons. The van der Waals surface area contributed by atoms with Crippen LogP contribution in [-0.4, -0.2) is 18.0 Å². The molecule has 1 aliphatic rings. The van der Waals surface area contributed by atoms with Crippen LogP contribution in [0.1, 0.15) is 46.9 Å². The van der Waals surface area contributed by atoms with Gasteiger partial charge in [0.15, 0.2) is 0 Å². The Bertz CT molecular complexity index is 1120. The first-order chi connectivity index (χ1) is 14.5. The maximum atomic E-state index is 12.6. The molecule has 0 aliphatic heterocycles. The van der Waals surface area contributed by atoms with E-state index in [0.29, 0.717) is 34.4 Å². The molecule has 4 rings (SSSR count). The summed E-state index contributed by atoms with van der Waals surface area (Å²) in [4.78, 5) is 29.2. The van der Waals surface area contributed by atoms with Gasteiger partial charge in [-0.05, 0) is 49.6 Å². The number of aryl methyl sites for hydroxylation is 1. The van der Waals surface area contributed by atoms with Gasteiger partial charge in [0.1, 0.15) is 22.8 Å². The standard InChI is InChI=1S/C23H22N2O5/c1-14-11-19(15-5-3-6-15)30-23(27)21(14)22(26)25-16-9-10-20(24-13-16)29-18-8-4-7-17(12-18)28-2/h4,7-13,15H,3,5-6H2,1-2H3,(H,25,26). The van der Waals surface area contributed by atoms with E-state index in [1.807, 2.05) is 12.1 Å². The number of hydrogen-bond acceptors (Lipinski definition) is 6. The second-order valence-electron chi connectivity index (χ2n) is 7.24. The molecule has 1 saturated carbocycles. The fourth-order valence-corrected chi connectivity index (χ4v) is 3.29. The van der Waals surface area contributed by atoms with Crippen molar-refractivity contribution in [1.29, 1.82) is 0 Å². The number of benzene rings is 1. The number of carbonyl (C=O) groups is 1. The zero-order chi connectivity index (χ0) is 21.1. The third-order valence-corrected chi connectivity index (χ3v) is 5.16. The molecule has 0 saturated heterocycles. The Labute approximate surface area is 173 Å². The SMILES string of the molecule is COc1cccc(Oc2ccc(NC(=O)c3c(C)cc(C4CCC4)oc3=O)cn2)c1. The van der Waals surface area contributed by atoms with Crippen LogP contribution in [0, 0.1) is 6.92 Å². The normalized spacial score (nSPS) is 13.4. The highest BCUT2D eigenvalue weighted by atomic mass is 16.5. The summed E-state index contributed by atoms with van der Waals surface area (Å²) in [5.41, 5.74) is 0.451. The summed E-state index contributed by atoms with van der Waals surface area (Å²) in [6.07, 6.45) is 4.64. The molecule has 0 atom stereocenters. The number of hydrogen-bond donors (Lipinski definition) is 1. The van der Waals surface area contributed by atoms with Gasteiger partial charge in [0, 0.05) is 18.1 Å². The Balaban J connectivity index is 1.45. The fraction of sp³-hybridized carbons (Fsp3) is 0.261. The van der Waals surface area contributed by atoms with Crippen molar-refractivity contribution in [3.05, 3.63) is 76.0 Å². The van der Waals surface area contributed by atoms with Crippen LogP contribution >= 0.6 is 0 Å². The highest BCUT2D eigenvalue weighted by molar-refractivity contribution is 6.04. The van der Waals surface area contributed by atoms with Gasteiger partial charge in [-0.2, -0.15) is 0 Å². The Morgan fingerprint density at radius 3 is 2.60 bits per heavy atom. The molecule has 0 bridgehead atoms. The average Bonchev–Trinajstić information content (AvgIpc) is 2.68. The van der Waals surface area contributed by atoms with E-state index in [0.717, 1.165) is 19.3 Å². The number of nitrogens with one attached hydrogen (secondary N) is 1. The molecule has 1 N–H and O–H groups in total. The van der Waals surface area contributed by atoms with E-state index in [1.165, 1.54) is 6.20 Å². The van der Waals surface area contributed by atoms with E-state index in [1.54, 1.807) is 44.4 Å². The first-order valence-corrected chi connectivity index (χ1v) is 9.77. The van der Waals surface area contributed by atoms with E-state index in [4.69, 9.17) is 13.9 Å². The number of methoxy groups -OCH3 is 1. The van der Waals surface area contributed by atoms with Crippen LogP contribution < -0.4 is 20.4 Å². The highest BCUT2D eigenvalue weighted by Crippen LogP contribution is 2.36. The van der Waals surface area contributed by atoms with Gasteiger partial charge >= 0.3 is 5.63 Å². The summed E-state index contributed by atoms with van der Waals surface area (Å²) in [6, 6.07) is 12.2. The average molecular weight is 406 g/mol. The lowest BCUT2D eigenvalue weighted by Crippen LogP contribution is -2.24. The summed E-state index contributed by atoms with van der Waals surface area (Å²) < 4.78 is 16.2. The number of pyridine rings is 1. The summed E-state index contributed by atoms with van der Waals surface area (Å²) in [5.74, 6) is 2.05. The Morgan fingerprint density at radius 2 is 1.97 bits per heavy atom. The van der Waals surface area contributed by atoms with Crippen molar-refractivity contribution < 1.29 is 18.7 Å². The monoisotopic (exact) mass is 406 g/mol. The molecule has 7 nitrogen and oxygen atoms in total. The largest absolute Gasteiger partial charge is 0.497 e. The van der Waals surface area contributed by atoms with E-state index < -0.39 is 11.5 Å². The molecule has 154 valence electrons. The maximum Gasteiger partial charge on any atom is 0.349 e. The summed E-state index contributed by atoms with van der Waals surface area (Å²) in [5, 5.41) is 2.69. The summed E-state index contributed by atoms with van der Waals surface area (Å²) in [7, 11) is 1.58. The van der Waals surface area contributed by atoms with E-state index in [2.05, 4.69) is 10.3 Å². The van der Waals surface area contributed by atoms with Gasteiger partial charge in [0.2, 0.25) is 5.88 Å². The molecule has 3 aromatic rings. The van der Waals surface area contributed by atoms with E-state index in [-0.39, 0.29) is 11.5 Å². The van der Waals surface area contributed by atoms with E-state index >= 15 is 0 Å². The van der Waals surface area contributed by atoms with Gasteiger partial charge in [-0.3, -0.25) is 4.79 Å². The minimum absolute atomic E-state index is 0.00906. The molecule has 30 heavy (non-hydrogen) atoms. The van der Waals surface area contributed by atoms with Crippen molar-refractivity contribution in [1.82, 2.24) is 4.98 Å². The zero-order valence-corrected chi connectivity index (χ0v) is 16.8. The topological polar surface area (TPSA) is 90.7 Å². The number of carbonyl (C=O) groups excluding carboxylic acids is 1. The predicted octanol–water partition coefficient (Wildman–Crippen LogP) is 4.66. The molecule has 1 fully saturated rings. The van der Waals surface area contributed by atoms with Gasteiger partial charge in [-0.25, -0.2) is 9.78 Å². The van der Waals surface area contributed by atoms with Crippen molar-refractivity contribution in [2.45, 2.75) is 32.1 Å². The summed E-state index contributed by atoms with van der Waals surface area (Å²) in [6.45, 7) is 1.75. The molecule has 2 heterocycles. The third kappa shape index (κ3) is 4.20. The van der Waals surface area contributed by atoms with Crippen LogP contribution in [0.4, 0.5) is 5.69 Å². The van der Waals surface area contributed by atoms with Crippen molar-refractivity contribution in [3.63, 3.8) is 0 Å². The highest BCUT2D eigenvalue weighted by Gasteiger charge is 2.25. The lowest BCUT2D eigenvalue weighted by Gasteiger charge is -2.24. The van der Waals surface area contributed by atoms with Crippen molar-refractivity contribution in [2.75, 3.05) is 12.4 Å². The Hall–Kier alpha value is -3.61. The van der Waals surface area contributed by atoms with E-state index in [9.17, 15) is 9.59 Å². The third-order valence-electron chi connectivity index (χ3n) is 5.16. The van der Waals surface area contributed by atoms with Crippen molar-refractivity contribution in [3.8, 4) is 17.4 Å². The number of ether oxygens (including phenoxy) is 2. The second-order valence-corrected chi connectivity index (χ2v) is 7.24. The minimum atomic E-state index is -0.611. The number of aromatic nitrogens is 1. The molecule has 1 aromatic carbocycles. The van der Waals surface area contributed by atoms with Crippen LogP contribution in [0.25, 0.3) is 0 Å². The van der Waals surface area contributed by atoms with Crippen LogP contribution in [0.5, 0.6) is 17.4 Å². The fourth-order valence-electron chi connectivity index (χ4n) is 3.29. The molecule has 1 aliphatic carbocycles. The number of rotatable bonds is 6. The molecular weight excluding hydrogens is 384 g/mol. The second kappa shape index (κ2) is 8.41. The smallest absolute Gasteiger partial charge is 0.349 e. The van der Waals surface area contributed by atoms with Gasteiger partial charge in [-0.15, -0.1) is 0 Å². The Kier molecular flexibility index (Phi) is 5.52. The summed E-state index contributed by atoms with van der Waals surface area (Å²) >= 11 is 0. The van der Waals surface area contributed by atoms with Crippen LogP contribution in [-0.2, 0) is 0 Å². The Morgan fingerprint density at radius 1 is 1.17 bits per heavy atom. The van der Waals surface area contributed by atoms with Gasteiger partial charge in [-0.1, -0.05) is 12.5 Å². The van der Waals surface area contributed by atoms with Crippen LogP contribution in [0.3, 0.4) is 0 Å². The molecular formula is C23H22N2O5. The molecule has 1 amide bonds. The molecule has 0 spiro atoms. The van der Waals surface area contributed by atoms with Gasteiger partial charge < -0.3 is 19.2 Å². The number of nitrogens with zero attached hydrogens (tertiary/aromatic N) is 1. The molecule has 7 heteroatoms. The number of amides is 1. The first-order valence-electron chi connectivity index (χ1n) is 9.77. The van der Waals surface area contributed by atoms with Gasteiger partial charge in [0.25, 0.3) is 5.91 Å². The quantitative estimate of drug-likeness (QED) is 0.640. The number of anilines is 1. The van der Waals surface area contributed by atoms with Crippen molar-refractivity contribution in [2.24, 2.45) is 0 Å². The lowest BCUT2D eigenvalue weighted by atomic mass is 9.83. The lowest BCUT2D eigenvalue weighted by molar-refractivity contribution is 0.102. The van der Waals surface area contributed by atoms with Crippen LogP contribution in [0.2, 0.25) is 0 Å². The van der Waals surface area contributed by atoms with Crippen LogP contribution in [0.15, 0.2) is 57.9 Å². The molecule has 2 aromatic heterocycles. The minimum Gasteiger partial charge on any atom is -0.497 e. The zero-order valence-electron chi connectivity index (χ0n) is 16.8.